The van der Waals surface area contributed by atoms with Gasteiger partial charge < -0.3 is 24.4 Å². The summed E-state index contributed by atoms with van der Waals surface area (Å²) >= 11 is 0. The minimum Gasteiger partial charge on any atom is -0.481 e. The average Bonchev–Trinajstić information content (AvgIpc) is 2.86. The lowest BCUT2D eigenvalue weighted by Crippen LogP contribution is -2.36. The number of rotatable bonds is 11. The van der Waals surface area contributed by atoms with Crippen molar-refractivity contribution in [3.8, 4) is 22.8 Å². The second kappa shape index (κ2) is 12.8. The van der Waals surface area contributed by atoms with Crippen LogP contribution in [0.4, 0.5) is 4.39 Å². The molecule has 0 unspecified atom stereocenters. The van der Waals surface area contributed by atoms with Gasteiger partial charge in [-0.25, -0.2) is 14.2 Å². The smallest absolute Gasteiger partial charge is 0.343 e. The SMILES string of the molecule is COc1cc(-c2ccc(C(=O)Oc3cccc([C@H](O)CP(=O)(O)O)c3)cc2CN(C(C)C)C(C)C)c(F)cn1. The van der Waals surface area contributed by atoms with Crippen molar-refractivity contribution in [1.82, 2.24) is 9.88 Å². The molecular weight excluding hydrogens is 526 g/mol. The van der Waals surface area contributed by atoms with Crippen LogP contribution < -0.4 is 9.47 Å². The molecule has 3 rings (SSSR count). The molecule has 1 atom stereocenters. The monoisotopic (exact) mass is 560 g/mol. The van der Waals surface area contributed by atoms with Crippen LogP contribution in [0.3, 0.4) is 0 Å². The molecule has 1 heterocycles. The van der Waals surface area contributed by atoms with Crippen molar-refractivity contribution in [2.45, 2.75) is 52.4 Å². The van der Waals surface area contributed by atoms with Crippen LogP contribution in [0.25, 0.3) is 11.1 Å². The van der Waals surface area contributed by atoms with Crippen LogP contribution in [0.1, 0.15) is 55.3 Å². The summed E-state index contributed by atoms with van der Waals surface area (Å²) in [6, 6.07) is 12.6. The zero-order valence-electron chi connectivity index (χ0n) is 22.5. The van der Waals surface area contributed by atoms with Gasteiger partial charge in [0.15, 0.2) is 0 Å². The number of carbonyl (C=O) groups is 1. The van der Waals surface area contributed by atoms with E-state index in [0.29, 0.717) is 17.7 Å². The Kier molecular flexibility index (Phi) is 9.98. The molecular formula is C28H34FN2O7P. The fraction of sp³-hybridized carbons (Fsp3) is 0.357. The topological polar surface area (TPSA) is 129 Å². The summed E-state index contributed by atoms with van der Waals surface area (Å²) in [4.78, 5) is 37.5. The fourth-order valence-electron chi connectivity index (χ4n) is 4.29. The van der Waals surface area contributed by atoms with Crippen LogP contribution in [0.5, 0.6) is 11.6 Å². The first-order valence-corrected chi connectivity index (χ1v) is 14.2. The quantitative estimate of drug-likeness (QED) is 0.170. The molecule has 0 aliphatic rings. The molecule has 0 radical (unpaired) electrons. The predicted molar refractivity (Wildman–Crippen MR) is 145 cm³/mol. The van der Waals surface area contributed by atoms with E-state index in [2.05, 4.69) is 37.6 Å². The van der Waals surface area contributed by atoms with E-state index in [4.69, 9.17) is 19.3 Å². The Morgan fingerprint density at radius 1 is 1.05 bits per heavy atom. The van der Waals surface area contributed by atoms with Gasteiger partial charge in [0.25, 0.3) is 0 Å². The van der Waals surface area contributed by atoms with E-state index in [1.54, 1.807) is 12.1 Å². The van der Waals surface area contributed by atoms with Gasteiger partial charge in [0, 0.05) is 30.3 Å². The Labute approximate surface area is 227 Å². The molecule has 39 heavy (non-hydrogen) atoms. The molecule has 1 aromatic heterocycles. The summed E-state index contributed by atoms with van der Waals surface area (Å²) in [6.45, 7) is 8.66. The molecule has 0 fully saturated rings. The Balaban J connectivity index is 1.98. The zero-order chi connectivity index (χ0) is 28.9. The number of ether oxygens (including phenoxy) is 2. The molecule has 0 bridgehead atoms. The second-order valence-corrected chi connectivity index (χ2v) is 11.5. The number of esters is 1. The number of benzene rings is 2. The van der Waals surface area contributed by atoms with E-state index in [1.807, 2.05) is 0 Å². The van der Waals surface area contributed by atoms with Crippen molar-refractivity contribution in [2.75, 3.05) is 13.3 Å². The highest BCUT2D eigenvalue weighted by atomic mass is 31.2. The van der Waals surface area contributed by atoms with Gasteiger partial charge in [-0.05, 0) is 68.7 Å². The van der Waals surface area contributed by atoms with Gasteiger partial charge in [0.2, 0.25) is 5.88 Å². The maximum absolute atomic E-state index is 14.9. The minimum absolute atomic E-state index is 0.101. The molecule has 3 aromatic rings. The fourth-order valence-corrected chi connectivity index (χ4v) is 4.95. The van der Waals surface area contributed by atoms with Crippen LogP contribution in [-0.4, -0.2) is 56.1 Å². The number of hydrogen-bond donors (Lipinski definition) is 3. The van der Waals surface area contributed by atoms with Gasteiger partial charge in [-0.15, -0.1) is 0 Å². The first-order chi connectivity index (χ1) is 18.3. The number of aliphatic hydroxyl groups is 1. The number of halogens is 1. The Hall–Kier alpha value is -3.14. The van der Waals surface area contributed by atoms with E-state index in [9.17, 15) is 18.9 Å². The van der Waals surface area contributed by atoms with Gasteiger partial charge in [-0.2, -0.15) is 0 Å². The van der Waals surface area contributed by atoms with Crippen molar-refractivity contribution in [3.05, 3.63) is 77.2 Å². The number of nitrogens with zero attached hydrogens (tertiary/aromatic N) is 2. The third-order valence-electron chi connectivity index (χ3n) is 6.21. The predicted octanol–water partition coefficient (Wildman–Crippen LogP) is 4.95. The van der Waals surface area contributed by atoms with Crippen molar-refractivity contribution >= 4 is 13.6 Å². The first-order valence-electron chi connectivity index (χ1n) is 12.4. The van der Waals surface area contributed by atoms with Crippen molar-refractivity contribution < 1.29 is 38.1 Å². The molecule has 2 aromatic carbocycles. The molecule has 0 aliphatic heterocycles. The van der Waals surface area contributed by atoms with E-state index in [1.165, 1.54) is 43.5 Å². The maximum Gasteiger partial charge on any atom is 0.343 e. The normalized spacial score (nSPS) is 12.7. The van der Waals surface area contributed by atoms with Crippen molar-refractivity contribution in [3.63, 3.8) is 0 Å². The van der Waals surface area contributed by atoms with Gasteiger partial charge in [0.05, 0.1) is 31.1 Å². The number of aromatic nitrogens is 1. The van der Waals surface area contributed by atoms with Gasteiger partial charge in [-0.1, -0.05) is 18.2 Å². The molecule has 0 saturated heterocycles. The highest BCUT2D eigenvalue weighted by Crippen LogP contribution is 2.39. The Morgan fingerprint density at radius 2 is 1.74 bits per heavy atom. The summed E-state index contributed by atoms with van der Waals surface area (Å²) in [6.07, 6.45) is -1.09. The van der Waals surface area contributed by atoms with E-state index in [-0.39, 0.29) is 40.4 Å². The number of methoxy groups -OCH3 is 1. The third kappa shape index (κ3) is 8.17. The number of carbonyl (C=O) groups excluding carboxylic acids is 1. The van der Waals surface area contributed by atoms with Gasteiger partial charge in [-0.3, -0.25) is 9.46 Å². The number of aliphatic hydroxyl groups excluding tert-OH is 1. The van der Waals surface area contributed by atoms with Gasteiger partial charge in [0.1, 0.15) is 11.6 Å². The minimum atomic E-state index is -4.45. The second-order valence-electron chi connectivity index (χ2n) is 9.76. The molecule has 3 N–H and O–H groups in total. The highest BCUT2D eigenvalue weighted by Gasteiger charge is 2.23. The van der Waals surface area contributed by atoms with Crippen LogP contribution in [0.2, 0.25) is 0 Å². The zero-order valence-corrected chi connectivity index (χ0v) is 23.4. The molecule has 0 saturated carbocycles. The molecule has 0 amide bonds. The standard InChI is InChI=1S/C28H34FN2O7P/c1-17(2)31(18(3)4)15-21-11-20(9-10-23(21)24-13-27(37-5)30-14-25(24)29)28(33)38-22-8-6-7-19(12-22)26(32)16-39(34,35)36/h6-14,17-18,26,32H,15-16H2,1-5H3,(H2,34,35,36)/t26-/m1/s1. The Morgan fingerprint density at radius 3 is 2.36 bits per heavy atom. The van der Waals surface area contributed by atoms with Crippen LogP contribution >= 0.6 is 7.60 Å². The molecule has 210 valence electrons. The maximum atomic E-state index is 14.9. The molecule has 11 heteroatoms. The summed E-state index contributed by atoms with van der Waals surface area (Å²) in [7, 11) is -3.00. The number of hydrogen-bond acceptors (Lipinski definition) is 7. The van der Waals surface area contributed by atoms with Crippen LogP contribution in [0, 0.1) is 5.82 Å². The van der Waals surface area contributed by atoms with E-state index >= 15 is 0 Å². The van der Waals surface area contributed by atoms with Gasteiger partial charge >= 0.3 is 13.6 Å². The first kappa shape index (κ1) is 30.4. The summed E-state index contributed by atoms with van der Waals surface area (Å²) < 4.78 is 36.8. The average molecular weight is 561 g/mol. The van der Waals surface area contributed by atoms with Crippen molar-refractivity contribution in [1.29, 1.82) is 0 Å². The highest BCUT2D eigenvalue weighted by molar-refractivity contribution is 7.51. The lowest BCUT2D eigenvalue weighted by Gasteiger charge is -2.31. The van der Waals surface area contributed by atoms with Crippen LogP contribution in [0.15, 0.2) is 54.7 Å². The lowest BCUT2D eigenvalue weighted by atomic mass is 9.96. The summed E-state index contributed by atoms with van der Waals surface area (Å²) in [5.74, 6) is -0.855. The largest absolute Gasteiger partial charge is 0.481 e. The third-order valence-corrected chi connectivity index (χ3v) is 7.04. The van der Waals surface area contributed by atoms with E-state index in [0.717, 1.165) is 6.20 Å². The van der Waals surface area contributed by atoms with Crippen LogP contribution in [-0.2, 0) is 11.1 Å². The number of pyridine rings is 1. The Bertz CT molecular complexity index is 1350. The van der Waals surface area contributed by atoms with E-state index < -0.39 is 31.6 Å². The molecule has 0 aliphatic carbocycles. The lowest BCUT2D eigenvalue weighted by molar-refractivity contribution is 0.0733. The molecule has 0 spiro atoms. The molecule has 9 nitrogen and oxygen atoms in total. The summed E-state index contributed by atoms with van der Waals surface area (Å²) in [5, 5.41) is 10.2. The van der Waals surface area contributed by atoms with Crippen molar-refractivity contribution in [2.24, 2.45) is 0 Å². The summed E-state index contributed by atoms with van der Waals surface area (Å²) in [5.41, 5.74) is 1.99.